The summed E-state index contributed by atoms with van der Waals surface area (Å²) in [6.07, 6.45) is 0.316. The molecule has 2 aliphatic heterocycles. The lowest BCUT2D eigenvalue weighted by Gasteiger charge is -2.32. The van der Waals surface area contributed by atoms with E-state index in [1.807, 2.05) is 57.7 Å². The summed E-state index contributed by atoms with van der Waals surface area (Å²) in [4.78, 5) is 15.0. The van der Waals surface area contributed by atoms with Crippen molar-refractivity contribution in [2.75, 3.05) is 25.2 Å². The lowest BCUT2D eigenvalue weighted by Crippen LogP contribution is -2.47. The molecule has 4 rings (SSSR count). The van der Waals surface area contributed by atoms with E-state index in [-0.39, 0.29) is 29.5 Å². The minimum atomic E-state index is -3.24. The molecule has 0 spiro atoms. The SMILES string of the molecule is CCOc1cc2c(cc1OC)C(c1ccc(C(=O)N(C(C)C)C(C)C)cc1)=[N+](O)[C@@H]1CCS(=O)(=O)C[C@H]21. The summed E-state index contributed by atoms with van der Waals surface area (Å²) < 4.78 is 37.7. The molecule has 8 nitrogen and oxygen atoms in total. The smallest absolute Gasteiger partial charge is 0.265 e. The predicted molar refractivity (Wildman–Crippen MR) is 142 cm³/mol. The highest BCUT2D eigenvalue weighted by molar-refractivity contribution is 7.91. The summed E-state index contributed by atoms with van der Waals surface area (Å²) in [6.45, 7) is 10.3. The molecule has 0 saturated carbocycles. The molecule has 1 N–H and O–H groups in total. The molecule has 37 heavy (non-hydrogen) atoms. The molecule has 1 fully saturated rings. The lowest BCUT2D eigenvalue weighted by molar-refractivity contribution is -0.801. The molecule has 2 atom stereocenters. The van der Waals surface area contributed by atoms with E-state index in [0.717, 1.165) is 11.1 Å². The average molecular weight is 530 g/mol. The molecule has 2 aromatic carbocycles. The second kappa shape index (κ2) is 10.4. The number of carbonyl (C=O) groups is 1. The third kappa shape index (κ3) is 5.06. The van der Waals surface area contributed by atoms with Crippen molar-refractivity contribution in [1.29, 1.82) is 0 Å². The third-order valence-electron chi connectivity index (χ3n) is 7.21. The number of ether oxygens (including phenoxy) is 2. The first-order valence-corrected chi connectivity index (χ1v) is 14.6. The van der Waals surface area contributed by atoms with Crippen molar-refractivity contribution < 1.29 is 32.6 Å². The monoisotopic (exact) mass is 529 g/mol. The van der Waals surface area contributed by atoms with Gasteiger partial charge in [0.2, 0.25) is 6.04 Å². The molecule has 0 bridgehead atoms. The highest BCUT2D eigenvalue weighted by Gasteiger charge is 2.49. The highest BCUT2D eigenvalue weighted by Crippen LogP contribution is 2.42. The molecule has 2 aromatic rings. The van der Waals surface area contributed by atoms with Crippen molar-refractivity contribution in [1.82, 2.24) is 4.90 Å². The number of rotatable bonds is 7. The number of benzene rings is 2. The number of amides is 1. The number of fused-ring (bicyclic) bond motifs is 3. The predicted octanol–water partition coefficient (Wildman–Crippen LogP) is 3.88. The quantitative estimate of drug-likeness (QED) is 0.432. The van der Waals surface area contributed by atoms with Crippen molar-refractivity contribution in [2.45, 2.75) is 65.1 Å². The minimum absolute atomic E-state index is 0.0238. The maximum atomic E-state index is 13.2. The molecular formula is C28H37N2O6S+. The molecule has 2 aliphatic rings. The number of hydrogen-bond acceptors (Lipinski definition) is 6. The summed E-state index contributed by atoms with van der Waals surface area (Å²) in [7, 11) is -1.69. The lowest BCUT2D eigenvalue weighted by atomic mass is 9.81. The Morgan fingerprint density at radius 1 is 1.11 bits per heavy atom. The largest absolute Gasteiger partial charge is 0.493 e. The van der Waals surface area contributed by atoms with Gasteiger partial charge in [-0.25, -0.2) is 8.42 Å². The molecule has 200 valence electrons. The first kappa shape index (κ1) is 27.0. The molecule has 1 amide bonds. The topological polar surface area (TPSA) is 96.2 Å². The van der Waals surface area contributed by atoms with Gasteiger partial charge in [0.15, 0.2) is 21.3 Å². The van der Waals surface area contributed by atoms with Crippen LogP contribution < -0.4 is 9.47 Å². The fourth-order valence-corrected chi connectivity index (χ4v) is 7.35. The molecule has 0 aliphatic carbocycles. The van der Waals surface area contributed by atoms with Crippen LogP contribution in [0.2, 0.25) is 0 Å². The normalized spacial score (nSPS) is 20.4. The Labute approximate surface area is 219 Å². The van der Waals surface area contributed by atoms with Crippen LogP contribution in [0.15, 0.2) is 36.4 Å². The Morgan fingerprint density at radius 2 is 1.76 bits per heavy atom. The maximum absolute atomic E-state index is 13.2. The standard InChI is InChI=1S/C28H37N2O6S/c1-7-36-26-14-21-22(15-25(26)35-6)27(30(32)24-12-13-37(33,34)16-23(21)24)19-8-10-20(11-9-19)28(31)29(17(2)3)18(4)5/h8-11,14-15,17-18,23-24,32H,7,12-13,16H2,1-6H3/q+1/t23-,24-/m1/s1. The van der Waals surface area contributed by atoms with Gasteiger partial charge in [0.05, 0.1) is 42.3 Å². The summed E-state index contributed by atoms with van der Waals surface area (Å²) in [5.41, 5.74) is 3.34. The zero-order valence-corrected chi connectivity index (χ0v) is 23.2. The third-order valence-corrected chi connectivity index (χ3v) is 8.93. The van der Waals surface area contributed by atoms with Crippen molar-refractivity contribution in [3.05, 3.63) is 58.7 Å². The summed E-state index contributed by atoms with van der Waals surface area (Å²) in [6, 6.07) is 10.6. The molecule has 0 unspecified atom stereocenters. The zero-order chi connectivity index (χ0) is 27.1. The van der Waals surface area contributed by atoms with E-state index in [2.05, 4.69) is 0 Å². The van der Waals surface area contributed by atoms with Crippen LogP contribution in [-0.2, 0) is 9.84 Å². The van der Waals surface area contributed by atoms with Gasteiger partial charge in [-0.3, -0.25) is 10.0 Å². The maximum Gasteiger partial charge on any atom is 0.265 e. The summed E-state index contributed by atoms with van der Waals surface area (Å²) >= 11 is 0. The van der Waals surface area contributed by atoms with Crippen molar-refractivity contribution in [3.8, 4) is 11.5 Å². The van der Waals surface area contributed by atoms with Crippen LogP contribution in [0.1, 0.15) is 74.0 Å². The summed E-state index contributed by atoms with van der Waals surface area (Å²) in [5.74, 6) is 0.571. The summed E-state index contributed by atoms with van der Waals surface area (Å²) in [5, 5.41) is 11.4. The van der Waals surface area contributed by atoms with Gasteiger partial charge < -0.3 is 14.4 Å². The van der Waals surface area contributed by atoms with Crippen LogP contribution in [0, 0.1) is 0 Å². The Bertz CT molecular complexity index is 1310. The van der Waals surface area contributed by atoms with Gasteiger partial charge in [0.25, 0.3) is 11.6 Å². The number of carbonyl (C=O) groups excluding carboxylic acids is 1. The first-order valence-electron chi connectivity index (χ1n) is 12.8. The van der Waals surface area contributed by atoms with Crippen molar-refractivity contribution >= 4 is 21.5 Å². The van der Waals surface area contributed by atoms with E-state index in [4.69, 9.17) is 9.47 Å². The Hall–Kier alpha value is -3.07. The van der Waals surface area contributed by atoms with Crippen LogP contribution in [0.25, 0.3) is 0 Å². The molecule has 9 heteroatoms. The second-order valence-electron chi connectivity index (χ2n) is 10.3. The Balaban J connectivity index is 1.84. The van der Waals surface area contributed by atoms with E-state index in [0.29, 0.717) is 41.4 Å². The van der Waals surface area contributed by atoms with Crippen molar-refractivity contribution in [3.63, 3.8) is 0 Å². The minimum Gasteiger partial charge on any atom is -0.493 e. The van der Waals surface area contributed by atoms with E-state index in [9.17, 15) is 18.4 Å². The van der Waals surface area contributed by atoms with Crippen LogP contribution in [-0.4, -0.2) is 78.2 Å². The molecular weight excluding hydrogens is 492 g/mol. The fourth-order valence-electron chi connectivity index (χ4n) is 5.64. The van der Waals surface area contributed by atoms with E-state index < -0.39 is 21.8 Å². The first-order chi connectivity index (χ1) is 17.5. The molecule has 0 radical (unpaired) electrons. The van der Waals surface area contributed by atoms with Gasteiger partial charge in [-0.1, -0.05) is 0 Å². The van der Waals surface area contributed by atoms with E-state index in [1.54, 1.807) is 25.3 Å². The fraction of sp³-hybridized carbons (Fsp3) is 0.500. The average Bonchev–Trinajstić information content (AvgIpc) is 2.83. The van der Waals surface area contributed by atoms with Gasteiger partial charge in [0.1, 0.15) is 0 Å². The number of hydrogen-bond donors (Lipinski definition) is 1. The van der Waals surface area contributed by atoms with Gasteiger partial charge in [-0.05, 0) is 81.3 Å². The van der Waals surface area contributed by atoms with E-state index in [1.165, 1.54) is 4.74 Å². The Kier molecular flexibility index (Phi) is 7.55. The van der Waals surface area contributed by atoms with Gasteiger partial charge in [-0.2, -0.15) is 0 Å². The van der Waals surface area contributed by atoms with Crippen LogP contribution in [0.4, 0.5) is 0 Å². The molecule has 0 aromatic heterocycles. The van der Waals surface area contributed by atoms with Gasteiger partial charge >= 0.3 is 0 Å². The van der Waals surface area contributed by atoms with Crippen LogP contribution >= 0.6 is 0 Å². The Morgan fingerprint density at radius 3 is 2.32 bits per heavy atom. The number of methoxy groups -OCH3 is 1. The molecule has 2 heterocycles. The number of sulfone groups is 1. The van der Waals surface area contributed by atoms with Crippen molar-refractivity contribution in [2.24, 2.45) is 0 Å². The number of nitrogens with zero attached hydrogens (tertiary/aromatic N) is 2. The second-order valence-corrected chi connectivity index (χ2v) is 12.5. The zero-order valence-electron chi connectivity index (χ0n) is 22.4. The highest BCUT2D eigenvalue weighted by atomic mass is 32.2. The van der Waals surface area contributed by atoms with Gasteiger partial charge in [-0.15, -0.1) is 0 Å². The van der Waals surface area contributed by atoms with Gasteiger partial charge in [0, 0.05) is 24.1 Å². The van der Waals surface area contributed by atoms with Crippen LogP contribution in [0.5, 0.6) is 11.5 Å². The number of hydroxylamine groups is 1. The molecule has 1 saturated heterocycles. The van der Waals surface area contributed by atoms with E-state index >= 15 is 0 Å². The van der Waals surface area contributed by atoms with Crippen LogP contribution in [0.3, 0.4) is 0 Å².